The summed E-state index contributed by atoms with van der Waals surface area (Å²) in [6, 6.07) is 24.0. The van der Waals surface area contributed by atoms with E-state index in [1.807, 2.05) is 60.7 Å². The fourth-order valence-corrected chi connectivity index (χ4v) is 3.85. The Labute approximate surface area is 193 Å². The summed E-state index contributed by atoms with van der Waals surface area (Å²) in [5.74, 6) is -1.03. The normalized spacial score (nSPS) is 11.4. The lowest BCUT2D eigenvalue weighted by molar-refractivity contribution is -0.129. The predicted molar refractivity (Wildman–Crippen MR) is 126 cm³/mol. The Morgan fingerprint density at radius 2 is 1.67 bits per heavy atom. The molecule has 0 radical (unpaired) electrons. The van der Waals surface area contributed by atoms with Gasteiger partial charge in [0.25, 0.3) is 0 Å². The molecule has 0 saturated heterocycles. The topological polar surface area (TPSA) is 101 Å². The van der Waals surface area contributed by atoms with Crippen molar-refractivity contribution < 1.29 is 19.5 Å². The first kappa shape index (κ1) is 22.0. The Hall–Kier alpha value is -4.17. The number of ether oxygens (including phenoxy) is 1. The smallest absolute Gasteiger partial charge is 0.359 e. The average molecular weight is 461 g/mol. The molecule has 0 aliphatic carbocycles. The number of hydrogen-bond acceptors (Lipinski definition) is 6. The first-order valence-corrected chi connectivity index (χ1v) is 10.9. The molecule has 4 rings (SSSR count). The lowest BCUT2D eigenvalue weighted by atomic mass is 10.0. The molecule has 2 heterocycles. The van der Waals surface area contributed by atoms with Crippen molar-refractivity contribution in [1.82, 2.24) is 4.98 Å². The molecule has 0 saturated carbocycles. The van der Waals surface area contributed by atoms with E-state index in [-0.39, 0.29) is 23.5 Å². The Bertz CT molecular complexity index is 1250. The highest BCUT2D eigenvalue weighted by Crippen LogP contribution is 2.26. The van der Waals surface area contributed by atoms with Crippen LogP contribution in [0, 0.1) is 0 Å². The number of carbonyl (C=O) groups is 1. The summed E-state index contributed by atoms with van der Waals surface area (Å²) >= 11 is 1.25. The van der Waals surface area contributed by atoms with Gasteiger partial charge in [0.15, 0.2) is 12.4 Å². The maximum Gasteiger partial charge on any atom is 0.359 e. The van der Waals surface area contributed by atoms with E-state index in [4.69, 9.17) is 9.57 Å². The van der Waals surface area contributed by atoms with Gasteiger partial charge in [-0.25, -0.2) is 4.79 Å². The summed E-state index contributed by atoms with van der Waals surface area (Å²) in [6.07, 6.45) is 1.02. The Kier molecular flexibility index (Phi) is 6.96. The number of nitrogens with one attached hydrogen (secondary N) is 1. The lowest BCUT2D eigenvalue weighted by Gasteiger charge is -2.19. The highest BCUT2D eigenvalue weighted by Gasteiger charge is 2.18. The average Bonchev–Trinajstić information content (AvgIpc) is 3.37. The Balaban J connectivity index is 1.50. The zero-order chi connectivity index (χ0) is 23.0. The highest BCUT2D eigenvalue weighted by molar-refractivity contribution is 7.13. The fourth-order valence-electron chi connectivity index (χ4n) is 3.16. The zero-order valence-electron chi connectivity index (χ0n) is 17.4. The molecular formula is C25H20N2O5S. The number of nitrogens with zero attached hydrogens (tertiary/aromatic N) is 1. The number of oxime groups is 1. The number of benzene rings is 2. The van der Waals surface area contributed by atoms with Gasteiger partial charge in [-0.2, -0.15) is 0 Å². The second-order valence-corrected chi connectivity index (χ2v) is 7.95. The summed E-state index contributed by atoms with van der Waals surface area (Å²) in [5, 5.41) is 14.8. The van der Waals surface area contributed by atoms with Crippen molar-refractivity contribution >= 4 is 23.0 Å². The molecule has 0 fully saturated rings. The minimum atomic E-state index is -1.19. The monoisotopic (exact) mass is 460 g/mol. The van der Waals surface area contributed by atoms with Gasteiger partial charge in [-0.1, -0.05) is 71.9 Å². The molecule has 8 heteroatoms. The highest BCUT2D eigenvalue weighted by atomic mass is 32.1. The summed E-state index contributed by atoms with van der Waals surface area (Å²) in [4.78, 5) is 32.7. The summed E-state index contributed by atoms with van der Waals surface area (Å²) in [7, 11) is 0. The van der Waals surface area contributed by atoms with E-state index in [0.717, 1.165) is 11.1 Å². The number of carboxylic acid groups (broad SMARTS) is 1. The van der Waals surface area contributed by atoms with Gasteiger partial charge in [0, 0.05) is 12.3 Å². The van der Waals surface area contributed by atoms with Crippen molar-refractivity contribution in [2.45, 2.75) is 12.7 Å². The third-order valence-electron chi connectivity index (χ3n) is 4.72. The largest absolute Gasteiger partial charge is 0.476 e. The van der Waals surface area contributed by atoms with Gasteiger partial charge in [-0.15, -0.1) is 11.3 Å². The predicted octanol–water partition coefficient (Wildman–Crippen LogP) is 4.61. The molecule has 2 aromatic carbocycles. The first-order chi connectivity index (χ1) is 16.1. The van der Waals surface area contributed by atoms with Crippen LogP contribution in [0.1, 0.15) is 27.8 Å². The SMILES string of the molecule is O=C(O)/C(=N\OCc1cc(=O)c(OC(c2ccccc2)c2ccccc2)c[nH]1)c1cccs1. The van der Waals surface area contributed by atoms with E-state index in [1.54, 1.807) is 17.5 Å². The maximum absolute atomic E-state index is 12.7. The van der Waals surface area contributed by atoms with Crippen molar-refractivity contribution in [3.8, 4) is 5.75 Å². The van der Waals surface area contributed by atoms with Gasteiger partial charge in [-0.05, 0) is 22.6 Å². The number of aromatic nitrogens is 1. The van der Waals surface area contributed by atoms with E-state index >= 15 is 0 Å². The molecule has 0 aliphatic heterocycles. The molecule has 7 nitrogen and oxygen atoms in total. The standard InChI is InChI=1S/C25H20N2O5S/c28-20-14-19(16-31-27-23(25(29)30)22-12-7-13-33-22)26-15-21(20)32-24(17-8-3-1-4-9-17)18-10-5-2-6-11-18/h1-15,24H,16H2,(H,26,28)(H,29,30)/b27-23-. The fraction of sp³-hybridized carbons (Fsp3) is 0.0800. The molecule has 2 N–H and O–H groups in total. The maximum atomic E-state index is 12.7. The van der Waals surface area contributed by atoms with Crippen molar-refractivity contribution in [3.63, 3.8) is 0 Å². The number of aliphatic carboxylic acids is 1. The quantitative estimate of drug-likeness (QED) is 0.281. The third kappa shape index (κ3) is 5.55. The second kappa shape index (κ2) is 10.4. The number of rotatable bonds is 9. The number of carboxylic acids is 1. The van der Waals surface area contributed by atoms with Gasteiger partial charge >= 0.3 is 5.97 Å². The molecule has 166 valence electrons. The Morgan fingerprint density at radius 3 is 2.21 bits per heavy atom. The number of aromatic amines is 1. The molecule has 2 aromatic heterocycles. The van der Waals surface area contributed by atoms with Crippen LogP contribution in [0.4, 0.5) is 0 Å². The van der Waals surface area contributed by atoms with Crippen LogP contribution >= 0.6 is 11.3 Å². The van der Waals surface area contributed by atoms with Crippen molar-refractivity contribution in [1.29, 1.82) is 0 Å². The molecule has 0 amide bonds. The van der Waals surface area contributed by atoms with Crippen LogP contribution < -0.4 is 10.2 Å². The minimum Gasteiger partial charge on any atom is -0.476 e. The van der Waals surface area contributed by atoms with E-state index < -0.39 is 12.1 Å². The number of pyridine rings is 1. The van der Waals surface area contributed by atoms with Gasteiger partial charge in [0.05, 0.1) is 10.6 Å². The summed E-state index contributed by atoms with van der Waals surface area (Å²) in [5.41, 5.74) is 1.74. The molecule has 4 aromatic rings. The number of H-pyrrole nitrogens is 1. The Morgan fingerprint density at radius 1 is 1.00 bits per heavy atom. The minimum absolute atomic E-state index is 0.0987. The van der Waals surface area contributed by atoms with E-state index in [0.29, 0.717) is 10.6 Å². The van der Waals surface area contributed by atoms with Crippen LogP contribution in [0.25, 0.3) is 0 Å². The van der Waals surface area contributed by atoms with Crippen molar-refractivity contribution in [2.24, 2.45) is 5.16 Å². The summed E-state index contributed by atoms with van der Waals surface area (Å²) in [6.45, 7) is -0.0987. The van der Waals surface area contributed by atoms with E-state index in [9.17, 15) is 14.7 Å². The van der Waals surface area contributed by atoms with Crippen LogP contribution in [-0.4, -0.2) is 21.8 Å². The molecule has 0 unspecified atom stereocenters. The third-order valence-corrected chi connectivity index (χ3v) is 5.60. The second-order valence-electron chi connectivity index (χ2n) is 7.00. The van der Waals surface area contributed by atoms with Crippen molar-refractivity contribution in [3.05, 3.63) is 122 Å². The number of thiophene rings is 1. The molecule has 0 spiro atoms. The van der Waals surface area contributed by atoms with Crippen LogP contribution in [-0.2, 0) is 16.2 Å². The van der Waals surface area contributed by atoms with Crippen LogP contribution in [0.5, 0.6) is 5.75 Å². The van der Waals surface area contributed by atoms with Crippen LogP contribution in [0.15, 0.2) is 100 Å². The lowest BCUT2D eigenvalue weighted by Crippen LogP contribution is -2.16. The van der Waals surface area contributed by atoms with Gasteiger partial charge in [0.1, 0.15) is 6.10 Å². The van der Waals surface area contributed by atoms with E-state index in [2.05, 4.69) is 10.1 Å². The van der Waals surface area contributed by atoms with Gasteiger partial charge < -0.3 is 19.7 Å². The molecule has 0 atom stereocenters. The van der Waals surface area contributed by atoms with Crippen LogP contribution in [0.3, 0.4) is 0 Å². The molecule has 0 bridgehead atoms. The molecular weight excluding hydrogens is 440 g/mol. The number of hydrogen-bond donors (Lipinski definition) is 2. The zero-order valence-corrected chi connectivity index (χ0v) is 18.2. The molecule has 33 heavy (non-hydrogen) atoms. The van der Waals surface area contributed by atoms with Crippen LogP contribution in [0.2, 0.25) is 0 Å². The van der Waals surface area contributed by atoms with Crippen molar-refractivity contribution in [2.75, 3.05) is 0 Å². The molecule has 0 aliphatic rings. The first-order valence-electron chi connectivity index (χ1n) is 10.1. The van der Waals surface area contributed by atoms with E-state index in [1.165, 1.54) is 23.6 Å². The summed E-state index contributed by atoms with van der Waals surface area (Å²) < 4.78 is 6.11. The van der Waals surface area contributed by atoms with Gasteiger partial charge in [-0.3, -0.25) is 4.79 Å². The van der Waals surface area contributed by atoms with Gasteiger partial charge in [0.2, 0.25) is 11.1 Å².